The van der Waals surface area contributed by atoms with Crippen molar-refractivity contribution in [3.63, 3.8) is 0 Å². The van der Waals surface area contributed by atoms with Crippen LogP contribution in [0.3, 0.4) is 0 Å². The van der Waals surface area contributed by atoms with E-state index < -0.39 is 0 Å². The van der Waals surface area contributed by atoms with Crippen LogP contribution in [0, 0.1) is 0 Å². The van der Waals surface area contributed by atoms with Crippen molar-refractivity contribution in [3.8, 4) is 0 Å². The summed E-state index contributed by atoms with van der Waals surface area (Å²) in [4.78, 5) is 13.0. The molecule has 0 N–H and O–H groups in total. The molecule has 1 heterocycles. The van der Waals surface area contributed by atoms with Gasteiger partial charge in [0, 0.05) is 37.9 Å². The lowest BCUT2D eigenvalue weighted by Crippen LogP contribution is -2.23. The molecule has 0 saturated carbocycles. The molecule has 1 aromatic carbocycles. The van der Waals surface area contributed by atoms with Gasteiger partial charge in [-0.15, -0.1) is 0 Å². The Kier molecular flexibility index (Phi) is 3.18. The average Bonchev–Trinajstić information content (AvgIpc) is 2.67. The summed E-state index contributed by atoms with van der Waals surface area (Å²) in [5, 5.41) is 1.11. The topological polar surface area (TPSA) is 33.5 Å². The molecule has 1 aromatic heterocycles. The Balaban J connectivity index is 2.46. The van der Waals surface area contributed by atoms with Gasteiger partial charge in [-0.1, -0.05) is 25.1 Å². The van der Waals surface area contributed by atoms with Gasteiger partial charge in [-0.05, 0) is 6.07 Å². The highest BCUT2D eigenvalue weighted by atomic mass is 16.3. The van der Waals surface area contributed by atoms with Gasteiger partial charge in [0.15, 0.2) is 0 Å². The van der Waals surface area contributed by atoms with Crippen LogP contribution in [0.4, 0.5) is 0 Å². The largest absolute Gasteiger partial charge is 0.461 e. The summed E-state index contributed by atoms with van der Waals surface area (Å²) in [6, 6.07) is 7.96. The minimum absolute atomic E-state index is 0.0670. The Morgan fingerprint density at radius 3 is 2.71 bits per heavy atom. The number of hydrogen-bond donors (Lipinski definition) is 0. The van der Waals surface area contributed by atoms with Crippen molar-refractivity contribution < 1.29 is 9.21 Å². The molecule has 0 aliphatic carbocycles. The number of hydrogen-bond acceptors (Lipinski definition) is 2. The zero-order valence-electron chi connectivity index (χ0n) is 10.5. The number of aryl methyl sites for hydroxylation is 1. The standard InChI is InChI=1S/C14H17NO2/c1-4-13-12(9-15(3)10(2)16)11-7-5-6-8-14(11)17-13/h5-8H,4,9H2,1-3H3. The summed E-state index contributed by atoms with van der Waals surface area (Å²) in [6.45, 7) is 4.25. The van der Waals surface area contributed by atoms with Crippen molar-refractivity contribution in [2.45, 2.75) is 26.8 Å². The summed E-state index contributed by atoms with van der Waals surface area (Å²) in [7, 11) is 1.81. The molecule has 0 bridgehead atoms. The Morgan fingerprint density at radius 2 is 2.06 bits per heavy atom. The summed E-state index contributed by atoms with van der Waals surface area (Å²) < 4.78 is 5.79. The molecule has 3 nitrogen and oxygen atoms in total. The fraction of sp³-hybridized carbons (Fsp3) is 0.357. The van der Waals surface area contributed by atoms with Crippen molar-refractivity contribution in [2.24, 2.45) is 0 Å². The van der Waals surface area contributed by atoms with Crippen LogP contribution in [0.5, 0.6) is 0 Å². The fourth-order valence-corrected chi connectivity index (χ4v) is 1.96. The van der Waals surface area contributed by atoms with Crippen molar-refractivity contribution in [1.82, 2.24) is 4.90 Å². The number of carbonyl (C=O) groups is 1. The molecule has 0 unspecified atom stereocenters. The van der Waals surface area contributed by atoms with Crippen LogP contribution in [0.2, 0.25) is 0 Å². The number of benzene rings is 1. The number of furan rings is 1. The number of carbonyl (C=O) groups excluding carboxylic acids is 1. The fourth-order valence-electron chi connectivity index (χ4n) is 1.96. The van der Waals surface area contributed by atoms with Crippen LogP contribution in [-0.4, -0.2) is 17.9 Å². The summed E-state index contributed by atoms with van der Waals surface area (Å²) in [6.07, 6.45) is 0.843. The van der Waals surface area contributed by atoms with Gasteiger partial charge < -0.3 is 9.32 Å². The molecule has 0 aliphatic heterocycles. The molecule has 2 aromatic rings. The van der Waals surface area contributed by atoms with E-state index in [-0.39, 0.29) is 5.91 Å². The maximum absolute atomic E-state index is 11.3. The first-order valence-electron chi connectivity index (χ1n) is 5.84. The number of nitrogens with zero attached hydrogens (tertiary/aromatic N) is 1. The van der Waals surface area contributed by atoms with E-state index in [0.717, 1.165) is 28.7 Å². The Bertz CT molecular complexity index is 542. The average molecular weight is 231 g/mol. The maximum Gasteiger partial charge on any atom is 0.219 e. The van der Waals surface area contributed by atoms with Crippen molar-refractivity contribution >= 4 is 16.9 Å². The summed E-state index contributed by atoms with van der Waals surface area (Å²) in [5.74, 6) is 1.04. The van der Waals surface area contributed by atoms with Gasteiger partial charge >= 0.3 is 0 Å². The second-order valence-corrected chi connectivity index (χ2v) is 4.23. The third kappa shape index (κ3) is 2.18. The molecular formula is C14H17NO2. The SMILES string of the molecule is CCc1oc2ccccc2c1CN(C)C(C)=O. The Morgan fingerprint density at radius 1 is 1.35 bits per heavy atom. The normalized spacial score (nSPS) is 10.8. The predicted octanol–water partition coefficient (Wildman–Crippen LogP) is 2.97. The van der Waals surface area contributed by atoms with Crippen LogP contribution in [-0.2, 0) is 17.8 Å². The summed E-state index contributed by atoms with van der Waals surface area (Å²) in [5.41, 5.74) is 2.03. The number of amides is 1. The van der Waals surface area contributed by atoms with Gasteiger partial charge in [0.1, 0.15) is 11.3 Å². The summed E-state index contributed by atoms with van der Waals surface area (Å²) >= 11 is 0. The third-order valence-corrected chi connectivity index (χ3v) is 3.04. The first-order chi connectivity index (χ1) is 8.13. The third-order valence-electron chi connectivity index (χ3n) is 3.04. The van der Waals surface area contributed by atoms with Crippen LogP contribution < -0.4 is 0 Å². The highest BCUT2D eigenvalue weighted by molar-refractivity contribution is 5.83. The lowest BCUT2D eigenvalue weighted by molar-refractivity contribution is -0.128. The minimum atomic E-state index is 0.0670. The molecule has 90 valence electrons. The van der Waals surface area contributed by atoms with Crippen LogP contribution in [0.15, 0.2) is 28.7 Å². The van der Waals surface area contributed by atoms with Crippen molar-refractivity contribution in [1.29, 1.82) is 0 Å². The van der Waals surface area contributed by atoms with Gasteiger partial charge in [-0.25, -0.2) is 0 Å². The highest BCUT2D eigenvalue weighted by Gasteiger charge is 2.14. The molecule has 0 saturated heterocycles. The van der Waals surface area contributed by atoms with E-state index in [0.29, 0.717) is 6.54 Å². The molecule has 2 rings (SSSR count). The van der Waals surface area contributed by atoms with E-state index in [1.165, 1.54) is 0 Å². The molecule has 0 aliphatic rings. The molecule has 3 heteroatoms. The van der Waals surface area contributed by atoms with E-state index in [1.54, 1.807) is 11.8 Å². The first-order valence-corrected chi connectivity index (χ1v) is 5.84. The smallest absolute Gasteiger partial charge is 0.219 e. The van der Waals surface area contributed by atoms with Crippen LogP contribution in [0.1, 0.15) is 25.2 Å². The monoisotopic (exact) mass is 231 g/mol. The molecule has 0 radical (unpaired) electrons. The molecule has 0 atom stereocenters. The Hall–Kier alpha value is -1.77. The number of rotatable bonds is 3. The lowest BCUT2D eigenvalue weighted by Gasteiger charge is -2.14. The van der Waals surface area contributed by atoms with Crippen LogP contribution >= 0.6 is 0 Å². The second-order valence-electron chi connectivity index (χ2n) is 4.23. The van der Waals surface area contributed by atoms with Crippen molar-refractivity contribution in [3.05, 3.63) is 35.6 Å². The van der Waals surface area contributed by atoms with Gasteiger partial charge in [-0.3, -0.25) is 4.79 Å². The van der Waals surface area contributed by atoms with E-state index in [1.807, 2.05) is 31.3 Å². The quantitative estimate of drug-likeness (QED) is 0.813. The van der Waals surface area contributed by atoms with Gasteiger partial charge in [0.05, 0.1) is 0 Å². The van der Waals surface area contributed by atoms with E-state index >= 15 is 0 Å². The van der Waals surface area contributed by atoms with Gasteiger partial charge in [0.2, 0.25) is 5.91 Å². The molecule has 17 heavy (non-hydrogen) atoms. The van der Waals surface area contributed by atoms with Gasteiger partial charge in [-0.2, -0.15) is 0 Å². The van der Waals surface area contributed by atoms with Crippen molar-refractivity contribution in [2.75, 3.05) is 7.05 Å². The van der Waals surface area contributed by atoms with Crippen LogP contribution in [0.25, 0.3) is 11.0 Å². The molecule has 0 fully saturated rings. The molecule has 0 spiro atoms. The Labute approximate surface area is 101 Å². The first kappa shape index (κ1) is 11.7. The predicted molar refractivity (Wildman–Crippen MR) is 67.7 cm³/mol. The van der Waals surface area contributed by atoms with Gasteiger partial charge in [0.25, 0.3) is 0 Å². The van der Waals surface area contributed by atoms with E-state index in [2.05, 4.69) is 6.92 Å². The zero-order chi connectivity index (χ0) is 12.4. The molecule has 1 amide bonds. The number of para-hydroxylation sites is 1. The lowest BCUT2D eigenvalue weighted by atomic mass is 10.1. The number of fused-ring (bicyclic) bond motifs is 1. The second kappa shape index (κ2) is 4.62. The highest BCUT2D eigenvalue weighted by Crippen LogP contribution is 2.27. The van der Waals surface area contributed by atoms with E-state index in [4.69, 9.17) is 4.42 Å². The maximum atomic E-state index is 11.3. The van der Waals surface area contributed by atoms with E-state index in [9.17, 15) is 4.79 Å². The molecular weight excluding hydrogens is 214 g/mol. The zero-order valence-corrected chi connectivity index (χ0v) is 10.5. The minimum Gasteiger partial charge on any atom is -0.461 e.